The molecule has 0 fully saturated rings. The number of carbonyl (C=O) groups is 2. The van der Waals surface area contributed by atoms with Gasteiger partial charge in [-0.15, -0.1) is 0 Å². The Labute approximate surface area is 250 Å². The number of anilines is 1. The van der Waals surface area contributed by atoms with Crippen molar-refractivity contribution >= 4 is 27.6 Å². The Balaban J connectivity index is 1.49. The molecule has 0 aliphatic carbocycles. The third-order valence-corrected chi connectivity index (χ3v) is 8.68. The fraction of sp³-hybridized carbons (Fsp3) is 0.290. The monoisotopic (exact) mass is 610 g/mol. The Morgan fingerprint density at radius 1 is 0.977 bits per heavy atom. The highest BCUT2D eigenvalue weighted by molar-refractivity contribution is 7.89. The minimum atomic E-state index is -3.93. The number of aliphatic hydroxyl groups is 1. The minimum Gasteiger partial charge on any atom is -0.497 e. The van der Waals surface area contributed by atoms with E-state index in [1.165, 1.54) is 26.4 Å². The summed E-state index contributed by atoms with van der Waals surface area (Å²) >= 11 is 0. The number of methoxy groups -OCH3 is 2. The van der Waals surface area contributed by atoms with Crippen molar-refractivity contribution in [1.29, 1.82) is 0 Å². The second-order valence-corrected chi connectivity index (χ2v) is 11.5. The number of hydrogen-bond donors (Lipinski definition) is 2. The van der Waals surface area contributed by atoms with Gasteiger partial charge in [0.25, 0.3) is 5.91 Å². The summed E-state index contributed by atoms with van der Waals surface area (Å²) in [5.74, 6) is -0.686. The molecule has 43 heavy (non-hydrogen) atoms. The molecule has 1 heterocycles. The number of rotatable bonds is 13. The highest BCUT2D eigenvalue weighted by atomic mass is 32.2. The van der Waals surface area contributed by atoms with Crippen molar-refractivity contribution in [3.8, 4) is 5.75 Å². The van der Waals surface area contributed by atoms with Crippen LogP contribution < -0.4 is 10.1 Å². The van der Waals surface area contributed by atoms with Gasteiger partial charge in [0.15, 0.2) is 5.76 Å². The van der Waals surface area contributed by atoms with Crippen LogP contribution in [0, 0.1) is 0 Å². The molecule has 228 valence electrons. The van der Waals surface area contributed by atoms with Gasteiger partial charge in [-0.25, -0.2) is 13.2 Å². The summed E-state index contributed by atoms with van der Waals surface area (Å²) in [7, 11) is -1.14. The lowest BCUT2D eigenvalue weighted by Gasteiger charge is -2.30. The van der Waals surface area contributed by atoms with Crippen LogP contribution in [0.25, 0.3) is 0 Å². The second kappa shape index (κ2) is 14.8. The minimum absolute atomic E-state index is 0.0419. The maximum absolute atomic E-state index is 13.2. The van der Waals surface area contributed by atoms with Crippen molar-refractivity contribution in [1.82, 2.24) is 4.31 Å². The summed E-state index contributed by atoms with van der Waals surface area (Å²) in [4.78, 5) is 25.1. The van der Waals surface area contributed by atoms with E-state index >= 15 is 0 Å². The summed E-state index contributed by atoms with van der Waals surface area (Å²) in [6.45, 7) is -0.654. The molecule has 0 saturated carbocycles. The molecule has 1 aliphatic heterocycles. The van der Waals surface area contributed by atoms with Crippen LogP contribution in [0.5, 0.6) is 5.75 Å². The lowest BCUT2D eigenvalue weighted by atomic mass is 9.92. The Hall–Kier alpha value is -4.23. The molecular weight excluding hydrogens is 576 g/mol. The standard InChI is InChI=1S/C31H34N2O9S/c1-39-26-12-14-27(15-13-26)43(37,38)33(16-18-34)17-19-41-29-21-24(22-8-10-23(11-9-22)31(36)40-2)20-28(42-29)30(35)32-25-6-4-3-5-7-25/h3-15,20,24,29,34H,16-19,21H2,1-2H3,(H,32,35)/t24-,29+/m0/s1. The van der Waals surface area contributed by atoms with Crippen LogP contribution in [0.3, 0.4) is 0 Å². The van der Waals surface area contributed by atoms with Gasteiger partial charge in [0.2, 0.25) is 16.3 Å². The van der Waals surface area contributed by atoms with Gasteiger partial charge in [-0.3, -0.25) is 4.79 Å². The fourth-order valence-corrected chi connectivity index (χ4v) is 5.91. The Bertz CT molecular complexity index is 1510. The molecular formula is C31H34N2O9S. The summed E-state index contributed by atoms with van der Waals surface area (Å²) in [5.41, 5.74) is 1.79. The van der Waals surface area contributed by atoms with Gasteiger partial charge >= 0.3 is 5.97 Å². The second-order valence-electron chi connectivity index (χ2n) is 9.53. The number of allylic oxidation sites excluding steroid dienone is 1. The van der Waals surface area contributed by atoms with Gasteiger partial charge in [-0.2, -0.15) is 4.31 Å². The summed E-state index contributed by atoms with van der Waals surface area (Å²) < 4.78 is 49.4. The van der Waals surface area contributed by atoms with Crippen LogP contribution in [0.4, 0.5) is 5.69 Å². The number of ether oxygens (including phenoxy) is 4. The molecule has 2 atom stereocenters. The van der Waals surface area contributed by atoms with E-state index in [-0.39, 0.29) is 42.9 Å². The van der Waals surface area contributed by atoms with Crippen molar-refractivity contribution in [3.05, 3.63) is 102 Å². The molecule has 2 N–H and O–H groups in total. The average molecular weight is 611 g/mol. The number of hydrogen-bond acceptors (Lipinski definition) is 9. The molecule has 0 spiro atoms. The first kappa shape index (κ1) is 31.7. The molecule has 0 unspecified atom stereocenters. The van der Waals surface area contributed by atoms with Crippen molar-refractivity contribution in [2.45, 2.75) is 23.5 Å². The van der Waals surface area contributed by atoms with Crippen molar-refractivity contribution < 1.29 is 42.1 Å². The third-order valence-electron chi connectivity index (χ3n) is 6.76. The third kappa shape index (κ3) is 8.20. The quantitative estimate of drug-likeness (QED) is 0.278. The molecule has 3 aromatic carbocycles. The van der Waals surface area contributed by atoms with Crippen LogP contribution >= 0.6 is 0 Å². The molecule has 11 nitrogen and oxygen atoms in total. The van der Waals surface area contributed by atoms with E-state index in [1.807, 2.05) is 6.07 Å². The topological polar surface area (TPSA) is 141 Å². The van der Waals surface area contributed by atoms with Crippen LogP contribution in [-0.4, -0.2) is 76.5 Å². The van der Waals surface area contributed by atoms with Crippen molar-refractivity contribution in [3.63, 3.8) is 0 Å². The number of amides is 1. The molecule has 12 heteroatoms. The van der Waals surface area contributed by atoms with E-state index in [0.717, 1.165) is 9.87 Å². The van der Waals surface area contributed by atoms with E-state index in [2.05, 4.69) is 5.32 Å². The van der Waals surface area contributed by atoms with Crippen molar-refractivity contribution in [2.75, 3.05) is 45.8 Å². The zero-order chi connectivity index (χ0) is 30.8. The van der Waals surface area contributed by atoms with Crippen LogP contribution in [0.2, 0.25) is 0 Å². The maximum atomic E-state index is 13.2. The van der Waals surface area contributed by atoms with E-state index in [9.17, 15) is 23.1 Å². The van der Waals surface area contributed by atoms with Crippen LogP contribution in [-0.2, 0) is 29.0 Å². The largest absolute Gasteiger partial charge is 0.497 e. The number of carbonyl (C=O) groups excluding carboxylic acids is 2. The molecule has 0 radical (unpaired) electrons. The van der Waals surface area contributed by atoms with Crippen LogP contribution in [0.15, 0.2) is 95.6 Å². The molecule has 0 aromatic heterocycles. The Morgan fingerprint density at radius 3 is 2.30 bits per heavy atom. The molecule has 4 rings (SSSR count). The highest BCUT2D eigenvalue weighted by Crippen LogP contribution is 2.32. The van der Waals surface area contributed by atoms with Gasteiger partial charge in [0.1, 0.15) is 5.75 Å². The zero-order valence-corrected chi connectivity index (χ0v) is 24.7. The first-order valence-electron chi connectivity index (χ1n) is 13.5. The number of nitrogens with one attached hydrogen (secondary N) is 1. The molecule has 0 saturated heterocycles. The summed E-state index contributed by atoms with van der Waals surface area (Å²) in [6, 6.07) is 21.7. The first-order valence-corrected chi connectivity index (χ1v) is 15.0. The van der Waals surface area contributed by atoms with Crippen LogP contribution in [0.1, 0.15) is 28.3 Å². The van der Waals surface area contributed by atoms with Crippen molar-refractivity contribution in [2.24, 2.45) is 0 Å². The molecule has 1 aliphatic rings. The number of sulfonamides is 1. The van der Waals surface area contributed by atoms with E-state index < -0.39 is 28.2 Å². The SMILES string of the molecule is COC(=O)c1ccc([C@H]2C=C(C(=O)Nc3ccccc3)O[C@@H](OCCN(CCO)S(=O)(=O)c3ccc(OC)cc3)C2)cc1. The van der Waals surface area contributed by atoms with Gasteiger partial charge in [0, 0.05) is 31.1 Å². The van der Waals surface area contributed by atoms with Gasteiger partial charge in [-0.1, -0.05) is 30.3 Å². The number of esters is 1. The van der Waals surface area contributed by atoms with Gasteiger partial charge in [0.05, 0.1) is 37.9 Å². The highest BCUT2D eigenvalue weighted by Gasteiger charge is 2.30. The number of aliphatic hydroxyl groups excluding tert-OH is 1. The normalized spacial score (nSPS) is 16.6. The maximum Gasteiger partial charge on any atom is 0.337 e. The van der Waals surface area contributed by atoms with Gasteiger partial charge in [-0.05, 0) is 60.2 Å². The average Bonchev–Trinajstić information content (AvgIpc) is 3.04. The number of nitrogens with zero attached hydrogens (tertiary/aromatic N) is 1. The van der Waals surface area contributed by atoms with E-state index in [0.29, 0.717) is 23.4 Å². The van der Waals surface area contributed by atoms with E-state index in [1.54, 1.807) is 66.7 Å². The summed E-state index contributed by atoms with van der Waals surface area (Å²) in [6.07, 6.45) is 1.13. The smallest absolute Gasteiger partial charge is 0.337 e. The predicted octanol–water partition coefficient (Wildman–Crippen LogP) is 3.53. The number of para-hydroxylation sites is 1. The van der Waals surface area contributed by atoms with E-state index in [4.69, 9.17) is 18.9 Å². The Kier molecular flexibility index (Phi) is 10.9. The lowest BCUT2D eigenvalue weighted by molar-refractivity contribution is -0.143. The molecule has 1 amide bonds. The molecule has 3 aromatic rings. The Morgan fingerprint density at radius 2 is 1.67 bits per heavy atom. The zero-order valence-electron chi connectivity index (χ0n) is 23.8. The predicted molar refractivity (Wildman–Crippen MR) is 158 cm³/mol. The molecule has 0 bridgehead atoms. The fourth-order valence-electron chi connectivity index (χ4n) is 4.50. The lowest BCUT2D eigenvalue weighted by Crippen LogP contribution is -2.37. The first-order chi connectivity index (χ1) is 20.7. The number of benzene rings is 3. The van der Waals surface area contributed by atoms with Gasteiger partial charge < -0.3 is 29.4 Å². The summed E-state index contributed by atoms with van der Waals surface area (Å²) in [5, 5.41) is 12.4.